The van der Waals surface area contributed by atoms with Crippen molar-refractivity contribution in [1.82, 2.24) is 0 Å². The Morgan fingerprint density at radius 2 is 1.16 bits per heavy atom. The lowest BCUT2D eigenvalue weighted by Crippen LogP contribution is -2.41. The maximum Gasteiger partial charge on any atom is 0.255 e. The molecular weight excluding hydrogens is 472 g/mol. The molecular formula is C33H26N2O3. The van der Waals surface area contributed by atoms with Gasteiger partial charge >= 0.3 is 0 Å². The van der Waals surface area contributed by atoms with Gasteiger partial charge in [0, 0.05) is 23.1 Å². The van der Waals surface area contributed by atoms with Gasteiger partial charge in [0.05, 0.1) is 17.5 Å². The molecule has 38 heavy (non-hydrogen) atoms. The highest BCUT2D eigenvalue weighted by Crippen LogP contribution is 2.61. The van der Waals surface area contributed by atoms with E-state index in [2.05, 4.69) is 29.6 Å². The van der Waals surface area contributed by atoms with Crippen molar-refractivity contribution in [1.29, 1.82) is 0 Å². The number of rotatable bonds is 3. The molecule has 5 heteroatoms. The first-order valence-corrected chi connectivity index (χ1v) is 13.0. The van der Waals surface area contributed by atoms with Gasteiger partial charge in [0.1, 0.15) is 0 Å². The fraction of sp³-hybridized carbons (Fsp3) is 0.182. The van der Waals surface area contributed by atoms with Gasteiger partial charge in [-0.05, 0) is 77.6 Å². The average molecular weight is 499 g/mol. The summed E-state index contributed by atoms with van der Waals surface area (Å²) in [4.78, 5) is 42.1. The third-order valence-electron chi connectivity index (χ3n) is 8.69. The van der Waals surface area contributed by atoms with Crippen molar-refractivity contribution in [3.05, 3.63) is 130 Å². The fourth-order valence-corrected chi connectivity index (χ4v) is 6.77. The predicted octanol–water partition coefficient (Wildman–Crippen LogP) is 5.95. The smallest absolute Gasteiger partial charge is 0.255 e. The molecule has 0 radical (unpaired) electrons. The third-order valence-corrected chi connectivity index (χ3v) is 8.69. The summed E-state index contributed by atoms with van der Waals surface area (Å²) in [5.41, 5.74) is 8.46. The standard InChI is InChI=1S/C33H26N2O3/c1-18-8-7-13-26(19(18)2)34-31(36)20-14-16-21(17-15-20)35-32(37)29-27-22-9-3-4-10-23(22)28(30(29)33(35)38)25-12-6-5-11-24(25)27/h3-17,27-30H,1-2H3,(H,34,36)/t27?,28?,29-,30-/m0/s1. The molecule has 186 valence electrons. The Hall–Kier alpha value is -4.51. The minimum Gasteiger partial charge on any atom is -0.322 e. The summed E-state index contributed by atoms with van der Waals surface area (Å²) in [7, 11) is 0. The summed E-state index contributed by atoms with van der Waals surface area (Å²) in [5.74, 6) is -1.68. The number of nitrogens with zero attached hydrogens (tertiary/aromatic N) is 1. The van der Waals surface area contributed by atoms with Crippen LogP contribution in [-0.2, 0) is 9.59 Å². The van der Waals surface area contributed by atoms with Gasteiger partial charge in [0.25, 0.3) is 5.91 Å². The van der Waals surface area contributed by atoms with E-state index in [1.165, 1.54) is 4.90 Å². The number of amides is 3. The van der Waals surface area contributed by atoms with Crippen molar-refractivity contribution in [2.24, 2.45) is 11.8 Å². The van der Waals surface area contributed by atoms with Crippen LogP contribution in [0.2, 0.25) is 0 Å². The molecule has 1 aliphatic heterocycles. The third kappa shape index (κ3) is 3.08. The number of imide groups is 1. The highest BCUT2D eigenvalue weighted by Gasteiger charge is 2.61. The second-order valence-electron chi connectivity index (χ2n) is 10.5. The quantitative estimate of drug-likeness (QED) is 0.355. The highest BCUT2D eigenvalue weighted by atomic mass is 16.2. The van der Waals surface area contributed by atoms with Gasteiger partial charge in [-0.25, -0.2) is 4.90 Å². The molecule has 1 heterocycles. The van der Waals surface area contributed by atoms with Gasteiger partial charge in [0.2, 0.25) is 11.8 Å². The molecule has 1 N–H and O–H groups in total. The van der Waals surface area contributed by atoms with Crippen molar-refractivity contribution in [2.45, 2.75) is 25.7 Å². The largest absolute Gasteiger partial charge is 0.322 e. The Balaban J connectivity index is 1.21. The summed E-state index contributed by atoms with van der Waals surface area (Å²) < 4.78 is 0. The normalized spacial score (nSPS) is 22.6. The first-order valence-electron chi connectivity index (χ1n) is 13.0. The molecule has 8 rings (SSSR count). The first-order chi connectivity index (χ1) is 18.5. The van der Waals surface area contributed by atoms with Gasteiger partial charge in [-0.2, -0.15) is 0 Å². The van der Waals surface area contributed by atoms with E-state index in [4.69, 9.17) is 0 Å². The molecule has 4 aromatic carbocycles. The molecule has 3 amide bonds. The zero-order valence-corrected chi connectivity index (χ0v) is 21.1. The molecule has 3 aliphatic carbocycles. The van der Waals surface area contributed by atoms with Crippen LogP contribution in [0.4, 0.5) is 11.4 Å². The van der Waals surface area contributed by atoms with Gasteiger partial charge in [-0.15, -0.1) is 0 Å². The van der Waals surface area contributed by atoms with Gasteiger partial charge in [-0.3, -0.25) is 14.4 Å². The van der Waals surface area contributed by atoms with Gasteiger partial charge in [-0.1, -0.05) is 60.7 Å². The van der Waals surface area contributed by atoms with E-state index in [0.29, 0.717) is 11.3 Å². The Morgan fingerprint density at radius 1 is 0.658 bits per heavy atom. The summed E-state index contributed by atoms with van der Waals surface area (Å²) in [6, 6.07) is 29.0. The van der Waals surface area contributed by atoms with Crippen LogP contribution in [0.1, 0.15) is 55.6 Å². The van der Waals surface area contributed by atoms with E-state index >= 15 is 0 Å². The number of carbonyl (C=O) groups excluding carboxylic acids is 3. The number of anilines is 2. The maximum atomic E-state index is 13.9. The van der Waals surface area contributed by atoms with E-state index in [1.807, 2.05) is 56.3 Å². The minimum absolute atomic E-state index is 0.138. The lowest BCUT2D eigenvalue weighted by Gasteiger charge is -2.45. The molecule has 1 saturated heterocycles. The van der Waals surface area contributed by atoms with E-state index < -0.39 is 11.8 Å². The van der Waals surface area contributed by atoms with Crippen molar-refractivity contribution < 1.29 is 14.4 Å². The monoisotopic (exact) mass is 498 g/mol. The molecule has 4 aromatic rings. The summed E-state index contributed by atoms with van der Waals surface area (Å²) in [6.07, 6.45) is 0. The van der Waals surface area contributed by atoms with Crippen molar-refractivity contribution in [3.8, 4) is 0 Å². The van der Waals surface area contributed by atoms with Crippen LogP contribution in [0.25, 0.3) is 0 Å². The molecule has 2 atom stereocenters. The maximum absolute atomic E-state index is 13.9. The average Bonchev–Trinajstić information content (AvgIpc) is 3.21. The van der Waals surface area contributed by atoms with E-state index in [-0.39, 0.29) is 29.6 Å². The van der Waals surface area contributed by atoms with Crippen LogP contribution in [-0.4, -0.2) is 17.7 Å². The Labute approximate surface area is 221 Å². The zero-order valence-electron chi connectivity index (χ0n) is 21.1. The molecule has 0 aromatic heterocycles. The van der Waals surface area contributed by atoms with Crippen molar-refractivity contribution >= 4 is 29.1 Å². The molecule has 0 saturated carbocycles. The summed E-state index contributed by atoms with van der Waals surface area (Å²) in [6.45, 7) is 3.98. The lowest BCUT2D eigenvalue weighted by atomic mass is 9.55. The zero-order chi connectivity index (χ0) is 26.1. The predicted molar refractivity (Wildman–Crippen MR) is 146 cm³/mol. The lowest BCUT2D eigenvalue weighted by molar-refractivity contribution is -0.122. The van der Waals surface area contributed by atoms with Crippen molar-refractivity contribution in [3.63, 3.8) is 0 Å². The second kappa shape index (κ2) is 8.25. The second-order valence-corrected chi connectivity index (χ2v) is 10.5. The van der Waals surface area contributed by atoms with Crippen molar-refractivity contribution in [2.75, 3.05) is 10.2 Å². The van der Waals surface area contributed by atoms with Crippen LogP contribution in [0.5, 0.6) is 0 Å². The molecule has 5 nitrogen and oxygen atoms in total. The van der Waals surface area contributed by atoms with E-state index in [9.17, 15) is 14.4 Å². The number of hydrogen-bond donors (Lipinski definition) is 1. The topological polar surface area (TPSA) is 66.5 Å². The van der Waals surface area contributed by atoms with Gasteiger partial charge in [0.15, 0.2) is 0 Å². The van der Waals surface area contributed by atoms with Crippen LogP contribution >= 0.6 is 0 Å². The van der Waals surface area contributed by atoms with E-state index in [1.54, 1.807) is 24.3 Å². The number of benzene rings is 4. The Kier molecular flexibility index (Phi) is 4.92. The first kappa shape index (κ1) is 22.7. The SMILES string of the molecule is Cc1cccc(NC(=O)c2ccc(N3C(=O)[C@H]4C5c6ccccc6C(c6ccccc65)[C@@H]4C3=O)cc2)c1C. The van der Waals surface area contributed by atoms with E-state index in [0.717, 1.165) is 39.1 Å². The molecule has 0 spiro atoms. The van der Waals surface area contributed by atoms with Crippen LogP contribution < -0.4 is 10.2 Å². The Bertz CT molecular complexity index is 1540. The number of hydrogen-bond acceptors (Lipinski definition) is 3. The van der Waals surface area contributed by atoms with Crippen LogP contribution in [0.15, 0.2) is 91.0 Å². The number of carbonyl (C=O) groups is 3. The summed E-state index contributed by atoms with van der Waals surface area (Å²) >= 11 is 0. The van der Waals surface area contributed by atoms with Crippen LogP contribution in [0, 0.1) is 25.7 Å². The summed E-state index contributed by atoms with van der Waals surface area (Å²) in [5, 5.41) is 2.97. The molecule has 4 aliphatic rings. The fourth-order valence-electron chi connectivity index (χ4n) is 6.77. The Morgan fingerprint density at radius 3 is 1.66 bits per heavy atom. The van der Waals surface area contributed by atoms with Crippen LogP contribution in [0.3, 0.4) is 0 Å². The molecule has 1 fully saturated rings. The number of nitrogens with one attached hydrogen (secondary N) is 1. The number of aryl methyl sites for hydroxylation is 1. The molecule has 2 bridgehead atoms. The molecule has 0 unspecified atom stereocenters. The highest BCUT2D eigenvalue weighted by molar-refractivity contribution is 6.23. The van der Waals surface area contributed by atoms with Gasteiger partial charge < -0.3 is 5.32 Å². The minimum atomic E-state index is -0.426.